The fourth-order valence-corrected chi connectivity index (χ4v) is 5.96. The van der Waals surface area contributed by atoms with Gasteiger partial charge < -0.3 is 14.8 Å². The van der Waals surface area contributed by atoms with Gasteiger partial charge in [0.05, 0.1) is 29.7 Å². The molecule has 5 rings (SSSR count). The van der Waals surface area contributed by atoms with E-state index in [1.807, 2.05) is 55.5 Å². The average Bonchev–Trinajstić information content (AvgIpc) is 3.35. The number of rotatable bonds is 6. The highest BCUT2D eigenvalue weighted by Crippen LogP contribution is 2.44. The fraction of sp³-hybridized carbons (Fsp3) is 0.222. The summed E-state index contributed by atoms with van der Waals surface area (Å²) in [6, 6.07) is 19.1. The van der Waals surface area contributed by atoms with E-state index in [1.165, 1.54) is 0 Å². The van der Waals surface area contributed by atoms with Gasteiger partial charge in [-0.05, 0) is 92.6 Å². The molecule has 8 nitrogen and oxygen atoms in total. The van der Waals surface area contributed by atoms with E-state index < -0.39 is 10.0 Å². The molecule has 4 aromatic rings. The van der Waals surface area contributed by atoms with E-state index >= 15 is 0 Å². The van der Waals surface area contributed by atoms with Gasteiger partial charge in [0.2, 0.25) is 10.0 Å². The van der Waals surface area contributed by atoms with Crippen LogP contribution in [0.2, 0.25) is 0 Å². The maximum atomic E-state index is 11.8. The number of aromatic nitrogens is 3. The second-order valence-corrected chi connectivity index (χ2v) is 11.4. The van der Waals surface area contributed by atoms with Crippen LogP contribution in [0.1, 0.15) is 40.3 Å². The molecule has 0 bridgehead atoms. The molecular weight excluding hydrogens is 504 g/mol. The first-order chi connectivity index (χ1) is 17.6. The minimum absolute atomic E-state index is 0.194. The van der Waals surface area contributed by atoms with Crippen molar-refractivity contribution in [3.05, 3.63) is 101 Å². The van der Waals surface area contributed by atoms with Gasteiger partial charge in [0, 0.05) is 29.5 Å². The summed E-state index contributed by atoms with van der Waals surface area (Å²) in [6.07, 6.45) is 4.72. The van der Waals surface area contributed by atoms with Crippen LogP contribution < -0.4 is 14.9 Å². The molecule has 0 spiro atoms. The molecule has 0 amide bonds. The Balaban J connectivity index is 1.65. The van der Waals surface area contributed by atoms with E-state index in [1.54, 1.807) is 18.5 Å². The maximum Gasteiger partial charge on any atom is 0.229 e. The first-order valence-corrected chi connectivity index (χ1v) is 14.1. The third-order valence-corrected chi connectivity index (χ3v) is 7.45. The number of hydrogen-bond donors (Lipinski definition) is 2. The minimum atomic E-state index is -3.39. The molecule has 0 aliphatic carbocycles. The van der Waals surface area contributed by atoms with Crippen LogP contribution in [0.3, 0.4) is 0 Å². The molecule has 1 aliphatic rings. The summed E-state index contributed by atoms with van der Waals surface area (Å²) in [5.74, 6) is 0.852. The summed E-state index contributed by atoms with van der Waals surface area (Å²) in [5, 5.41) is 4.07. The predicted octanol–water partition coefficient (Wildman–Crippen LogP) is 4.74. The van der Waals surface area contributed by atoms with Crippen LogP contribution >= 0.6 is 12.2 Å². The van der Waals surface area contributed by atoms with Gasteiger partial charge in [-0.3, -0.25) is 9.71 Å². The van der Waals surface area contributed by atoms with E-state index in [-0.39, 0.29) is 12.1 Å². The Morgan fingerprint density at radius 1 is 0.973 bits per heavy atom. The SMILES string of the molecule is Cc1cc(N2C(=S)N[C@@H](c3ccccn3)[C@H]2c2cc(C)n(-c3ccccn3)c2C)ccc1NS(C)(=O)=O. The smallest absolute Gasteiger partial charge is 0.229 e. The molecule has 0 saturated carbocycles. The van der Waals surface area contributed by atoms with Gasteiger partial charge in [-0.1, -0.05) is 12.1 Å². The minimum Gasteiger partial charge on any atom is -0.351 e. The zero-order chi connectivity index (χ0) is 26.3. The summed E-state index contributed by atoms with van der Waals surface area (Å²) < 4.78 is 28.3. The molecule has 4 heterocycles. The van der Waals surface area contributed by atoms with Crippen LogP contribution in [0.4, 0.5) is 11.4 Å². The van der Waals surface area contributed by atoms with Crippen molar-refractivity contribution < 1.29 is 8.42 Å². The van der Waals surface area contributed by atoms with Crippen LogP contribution in [0.15, 0.2) is 73.1 Å². The molecule has 1 aliphatic heterocycles. The van der Waals surface area contributed by atoms with Crippen molar-refractivity contribution in [3.8, 4) is 5.82 Å². The lowest BCUT2D eigenvalue weighted by Crippen LogP contribution is -2.29. The number of hydrogen-bond acceptors (Lipinski definition) is 5. The Labute approximate surface area is 222 Å². The van der Waals surface area contributed by atoms with Crippen molar-refractivity contribution in [2.75, 3.05) is 15.9 Å². The van der Waals surface area contributed by atoms with Crippen LogP contribution in [0.5, 0.6) is 0 Å². The van der Waals surface area contributed by atoms with E-state index in [9.17, 15) is 8.42 Å². The molecule has 1 saturated heterocycles. The van der Waals surface area contributed by atoms with Gasteiger partial charge in [0.25, 0.3) is 0 Å². The second kappa shape index (κ2) is 9.60. The van der Waals surface area contributed by atoms with Crippen molar-refractivity contribution >= 4 is 38.7 Å². The molecule has 2 atom stereocenters. The molecule has 37 heavy (non-hydrogen) atoms. The number of pyridine rings is 2. The van der Waals surface area contributed by atoms with Crippen LogP contribution in [0, 0.1) is 20.8 Å². The highest BCUT2D eigenvalue weighted by Gasteiger charge is 2.42. The average molecular weight is 533 g/mol. The van der Waals surface area contributed by atoms with Gasteiger partial charge in [-0.25, -0.2) is 13.4 Å². The number of aryl methyl sites for hydroxylation is 2. The van der Waals surface area contributed by atoms with Gasteiger partial charge in [0.15, 0.2) is 5.11 Å². The van der Waals surface area contributed by atoms with E-state index in [2.05, 4.69) is 49.4 Å². The summed E-state index contributed by atoms with van der Waals surface area (Å²) in [5.41, 5.74) is 6.30. The standard InChI is InChI=1S/C27H28N6O2S2/c1-17-15-20(11-12-22(17)31-37(4,34)35)33-26(25(30-27(33)36)23-9-5-7-13-28-23)21-16-18(2)32(19(21)3)24-10-6-8-14-29-24/h5-16,25-26,31H,1-4H3,(H,30,36)/t25-,26+/m0/s1. The molecule has 2 N–H and O–H groups in total. The summed E-state index contributed by atoms with van der Waals surface area (Å²) >= 11 is 5.87. The normalized spacial score (nSPS) is 17.6. The Morgan fingerprint density at radius 3 is 2.32 bits per heavy atom. The van der Waals surface area contributed by atoms with Crippen LogP contribution in [-0.4, -0.2) is 34.3 Å². The van der Waals surface area contributed by atoms with E-state index in [4.69, 9.17) is 12.2 Å². The molecule has 190 valence electrons. The number of nitrogens with one attached hydrogen (secondary N) is 2. The third-order valence-electron chi connectivity index (χ3n) is 6.55. The third kappa shape index (κ3) is 4.82. The number of thiocarbonyl (C=S) groups is 1. The molecule has 1 aromatic carbocycles. The predicted molar refractivity (Wildman–Crippen MR) is 151 cm³/mol. The summed E-state index contributed by atoms with van der Waals surface area (Å²) in [4.78, 5) is 11.3. The fourth-order valence-electron chi connectivity index (χ4n) is 4.99. The molecule has 1 fully saturated rings. The Bertz CT molecular complexity index is 1570. The molecule has 10 heteroatoms. The lowest BCUT2D eigenvalue weighted by atomic mass is 9.96. The first-order valence-electron chi connectivity index (χ1n) is 11.8. The summed E-state index contributed by atoms with van der Waals surface area (Å²) in [6.45, 7) is 6.04. The summed E-state index contributed by atoms with van der Waals surface area (Å²) in [7, 11) is -3.39. The lowest BCUT2D eigenvalue weighted by Gasteiger charge is -2.28. The maximum absolute atomic E-state index is 11.8. The molecule has 0 unspecified atom stereocenters. The van der Waals surface area contributed by atoms with Gasteiger partial charge in [0.1, 0.15) is 5.82 Å². The van der Waals surface area contributed by atoms with Crippen molar-refractivity contribution in [1.82, 2.24) is 19.9 Å². The number of benzene rings is 1. The van der Waals surface area contributed by atoms with Crippen LogP contribution in [0.25, 0.3) is 5.82 Å². The Hall–Kier alpha value is -3.76. The van der Waals surface area contributed by atoms with Gasteiger partial charge in [-0.15, -0.1) is 0 Å². The van der Waals surface area contributed by atoms with E-state index in [0.29, 0.717) is 10.8 Å². The number of anilines is 2. The first kappa shape index (κ1) is 24.9. The monoisotopic (exact) mass is 532 g/mol. The Kier molecular flexibility index (Phi) is 6.47. The zero-order valence-corrected chi connectivity index (χ0v) is 22.6. The highest BCUT2D eigenvalue weighted by molar-refractivity contribution is 7.92. The Morgan fingerprint density at radius 2 is 1.70 bits per heavy atom. The topological polar surface area (TPSA) is 92.2 Å². The van der Waals surface area contributed by atoms with Gasteiger partial charge >= 0.3 is 0 Å². The van der Waals surface area contributed by atoms with Crippen molar-refractivity contribution in [2.24, 2.45) is 0 Å². The molecule has 3 aromatic heterocycles. The van der Waals surface area contributed by atoms with Crippen molar-refractivity contribution in [3.63, 3.8) is 0 Å². The largest absolute Gasteiger partial charge is 0.351 e. The number of nitrogens with zero attached hydrogens (tertiary/aromatic N) is 4. The second-order valence-electron chi connectivity index (χ2n) is 9.22. The van der Waals surface area contributed by atoms with Crippen molar-refractivity contribution in [1.29, 1.82) is 0 Å². The number of sulfonamides is 1. The quantitative estimate of drug-likeness (QED) is 0.347. The molecular formula is C27H28N6O2S2. The van der Waals surface area contributed by atoms with E-state index in [0.717, 1.165) is 46.0 Å². The highest BCUT2D eigenvalue weighted by atomic mass is 32.2. The van der Waals surface area contributed by atoms with Crippen molar-refractivity contribution in [2.45, 2.75) is 32.9 Å². The van der Waals surface area contributed by atoms with Crippen LogP contribution in [-0.2, 0) is 10.0 Å². The lowest BCUT2D eigenvalue weighted by molar-refractivity contribution is 0.565. The molecule has 0 radical (unpaired) electrons. The van der Waals surface area contributed by atoms with Gasteiger partial charge in [-0.2, -0.15) is 0 Å². The zero-order valence-electron chi connectivity index (χ0n) is 21.0.